The van der Waals surface area contributed by atoms with Crippen LogP contribution in [0.1, 0.15) is 29.5 Å². The minimum Gasteiger partial charge on any atom is -0.453 e. The lowest BCUT2D eigenvalue weighted by Crippen LogP contribution is -2.16. The van der Waals surface area contributed by atoms with Crippen molar-refractivity contribution in [2.24, 2.45) is 9.98 Å². The molecular formula is C60H41N5O3. The average Bonchev–Trinajstić information content (AvgIpc) is 3.39. The Hall–Kier alpha value is -9.14. The molecule has 0 radical (unpaired) electrons. The van der Waals surface area contributed by atoms with Gasteiger partial charge in [-0.3, -0.25) is 0 Å². The number of amidine groups is 1. The van der Waals surface area contributed by atoms with Gasteiger partial charge in [0.1, 0.15) is 0 Å². The third-order valence-electron chi connectivity index (χ3n) is 12.7. The molecule has 0 aliphatic carbocycles. The van der Waals surface area contributed by atoms with Gasteiger partial charge in [0, 0.05) is 28.2 Å². The van der Waals surface area contributed by atoms with Crippen LogP contribution in [0.15, 0.2) is 234 Å². The first-order valence-electron chi connectivity index (χ1n) is 22.9. The van der Waals surface area contributed by atoms with Crippen LogP contribution in [-0.4, -0.2) is 11.5 Å². The maximum atomic E-state index is 6.33. The highest BCUT2D eigenvalue weighted by Gasteiger charge is 2.28. The van der Waals surface area contributed by atoms with Gasteiger partial charge in [-0.25, -0.2) is 9.98 Å². The average molecular weight is 880 g/mol. The van der Waals surface area contributed by atoms with E-state index in [1.54, 1.807) is 0 Å². The minimum absolute atomic E-state index is 0.639. The summed E-state index contributed by atoms with van der Waals surface area (Å²) in [4.78, 5) is 17.6. The van der Waals surface area contributed by atoms with Crippen LogP contribution >= 0.6 is 0 Å². The van der Waals surface area contributed by atoms with Crippen LogP contribution < -0.4 is 28.9 Å². The molecule has 68 heavy (non-hydrogen) atoms. The number of benzene rings is 9. The van der Waals surface area contributed by atoms with E-state index in [2.05, 4.69) is 130 Å². The fourth-order valence-corrected chi connectivity index (χ4v) is 9.53. The van der Waals surface area contributed by atoms with E-state index in [-0.39, 0.29) is 0 Å². The quantitative estimate of drug-likeness (QED) is 0.166. The second-order valence-electron chi connectivity index (χ2n) is 16.9. The SMILES string of the molecule is C1=C(c2ccc(N3c4ccccc4Oc4ccccc43)cc2)/N=C(c2ccc(N3c4ccccc4Oc4ccccc43)cc2)\N=C(\c2ccc(N3c4ccccc4Oc4ccccc43)cc2)CC\1. The fourth-order valence-electron chi connectivity index (χ4n) is 9.53. The van der Waals surface area contributed by atoms with Gasteiger partial charge in [-0.05, 0) is 140 Å². The molecule has 324 valence electrons. The van der Waals surface area contributed by atoms with Crippen molar-refractivity contribution in [3.05, 3.63) is 241 Å². The summed E-state index contributed by atoms with van der Waals surface area (Å²) in [7, 11) is 0. The molecule has 0 bridgehead atoms. The number of para-hydroxylation sites is 12. The first kappa shape index (κ1) is 39.2. The number of anilines is 9. The van der Waals surface area contributed by atoms with Crippen LogP contribution in [0.4, 0.5) is 51.2 Å². The molecule has 9 aromatic carbocycles. The van der Waals surface area contributed by atoms with Gasteiger partial charge >= 0.3 is 0 Å². The van der Waals surface area contributed by atoms with Crippen molar-refractivity contribution in [1.82, 2.24) is 0 Å². The van der Waals surface area contributed by atoms with Gasteiger partial charge in [-0.15, -0.1) is 0 Å². The van der Waals surface area contributed by atoms with Crippen molar-refractivity contribution in [2.75, 3.05) is 14.7 Å². The molecule has 0 saturated carbocycles. The predicted molar refractivity (Wildman–Crippen MR) is 274 cm³/mol. The third kappa shape index (κ3) is 6.86. The van der Waals surface area contributed by atoms with Gasteiger partial charge in [-0.2, -0.15) is 0 Å². The summed E-state index contributed by atoms with van der Waals surface area (Å²) in [5.41, 5.74) is 13.8. The molecule has 13 rings (SSSR count). The molecule has 4 heterocycles. The standard InChI is InChI=1S/C60H41N5O3/c1-7-22-54-48(16-1)63(49-17-2-8-23-55(49)66-54)43-34-28-40(29-35-43)46-14-13-15-47(41-30-36-44(37-31-41)64-50-18-3-9-24-56(50)67-57-25-10-4-19-51(57)64)62-60(61-46)42-32-38-45(39-33-42)65-52-20-5-11-26-58(52)68-59-27-12-6-21-53(59)65/h1-12,14,16-39H,13,15H2/b46-14-,61-60-,62-47+. The largest absolute Gasteiger partial charge is 0.453 e. The van der Waals surface area contributed by atoms with E-state index >= 15 is 0 Å². The summed E-state index contributed by atoms with van der Waals surface area (Å²) in [6.07, 6.45) is 3.73. The zero-order valence-electron chi connectivity index (χ0n) is 36.7. The first-order valence-corrected chi connectivity index (χ1v) is 22.9. The Morgan fingerprint density at radius 3 is 0.971 bits per heavy atom. The van der Waals surface area contributed by atoms with Gasteiger partial charge < -0.3 is 28.9 Å². The topological polar surface area (TPSA) is 62.1 Å². The normalized spacial score (nSPS) is 16.6. The van der Waals surface area contributed by atoms with Gasteiger partial charge in [0.2, 0.25) is 0 Å². The Morgan fingerprint density at radius 2 is 0.618 bits per heavy atom. The van der Waals surface area contributed by atoms with E-state index in [0.29, 0.717) is 5.84 Å². The van der Waals surface area contributed by atoms with Gasteiger partial charge in [0.15, 0.2) is 40.3 Å². The zero-order valence-corrected chi connectivity index (χ0v) is 36.7. The van der Waals surface area contributed by atoms with Gasteiger partial charge in [0.05, 0.1) is 45.5 Å². The van der Waals surface area contributed by atoms with E-state index in [0.717, 1.165) is 127 Å². The van der Waals surface area contributed by atoms with Gasteiger partial charge in [0.25, 0.3) is 0 Å². The molecule has 0 atom stereocenters. The summed E-state index contributed by atoms with van der Waals surface area (Å²) in [5, 5.41) is 0. The van der Waals surface area contributed by atoms with Crippen molar-refractivity contribution in [3.8, 4) is 34.5 Å². The van der Waals surface area contributed by atoms with Crippen LogP contribution in [0.25, 0.3) is 5.70 Å². The number of hydrogen-bond acceptors (Lipinski definition) is 8. The summed E-state index contributed by atoms with van der Waals surface area (Å²) < 4.78 is 18.9. The summed E-state index contributed by atoms with van der Waals surface area (Å²) in [6, 6.07) is 74.8. The van der Waals surface area contributed by atoms with Crippen molar-refractivity contribution >= 4 is 68.4 Å². The minimum atomic E-state index is 0.639. The molecule has 9 aromatic rings. The molecule has 0 saturated heterocycles. The van der Waals surface area contributed by atoms with Crippen molar-refractivity contribution in [2.45, 2.75) is 12.8 Å². The zero-order chi connectivity index (χ0) is 45.0. The maximum Gasteiger partial charge on any atom is 0.160 e. The smallest absolute Gasteiger partial charge is 0.160 e. The van der Waals surface area contributed by atoms with Crippen molar-refractivity contribution < 1.29 is 14.2 Å². The number of fused-ring (bicyclic) bond motifs is 6. The van der Waals surface area contributed by atoms with Crippen molar-refractivity contribution in [1.29, 1.82) is 0 Å². The van der Waals surface area contributed by atoms with Crippen LogP contribution in [0.2, 0.25) is 0 Å². The molecule has 0 aromatic heterocycles. The second kappa shape index (κ2) is 16.4. The Bertz CT molecular complexity index is 3370. The molecule has 8 nitrogen and oxygen atoms in total. The van der Waals surface area contributed by atoms with E-state index in [4.69, 9.17) is 24.2 Å². The van der Waals surface area contributed by atoms with Crippen LogP contribution in [0.5, 0.6) is 34.5 Å². The monoisotopic (exact) mass is 879 g/mol. The molecule has 0 spiro atoms. The Labute approximate surface area is 394 Å². The third-order valence-corrected chi connectivity index (χ3v) is 12.7. The van der Waals surface area contributed by atoms with E-state index in [1.165, 1.54) is 0 Å². The summed E-state index contributed by atoms with van der Waals surface area (Å²) in [6.45, 7) is 0. The molecule has 0 fully saturated rings. The number of allylic oxidation sites excluding steroid dienone is 1. The molecular weight excluding hydrogens is 839 g/mol. The lowest BCUT2D eigenvalue weighted by Gasteiger charge is -2.33. The number of rotatable bonds is 6. The highest BCUT2D eigenvalue weighted by Crippen LogP contribution is 2.53. The lowest BCUT2D eigenvalue weighted by molar-refractivity contribution is 0.477. The van der Waals surface area contributed by atoms with Crippen LogP contribution in [-0.2, 0) is 0 Å². The molecule has 0 N–H and O–H groups in total. The summed E-state index contributed by atoms with van der Waals surface area (Å²) >= 11 is 0. The van der Waals surface area contributed by atoms with E-state index in [1.807, 2.05) is 109 Å². The first-order chi connectivity index (χ1) is 33.7. The number of ether oxygens (including phenoxy) is 3. The van der Waals surface area contributed by atoms with Crippen molar-refractivity contribution in [3.63, 3.8) is 0 Å². The number of aliphatic imine (C=N–C) groups is 2. The molecule has 4 aliphatic rings. The van der Waals surface area contributed by atoms with E-state index in [9.17, 15) is 0 Å². The van der Waals surface area contributed by atoms with E-state index < -0.39 is 0 Å². The summed E-state index contributed by atoms with van der Waals surface area (Å²) in [5.74, 6) is 5.54. The highest BCUT2D eigenvalue weighted by molar-refractivity contribution is 6.14. The molecule has 0 unspecified atom stereocenters. The molecule has 8 heteroatoms. The number of hydrogen-bond donors (Lipinski definition) is 0. The maximum absolute atomic E-state index is 6.33. The predicted octanol–water partition coefficient (Wildman–Crippen LogP) is 16.5. The van der Waals surface area contributed by atoms with Crippen LogP contribution in [0.3, 0.4) is 0 Å². The lowest BCUT2D eigenvalue weighted by atomic mass is 10.0. The Kier molecular flexibility index (Phi) is 9.45. The number of nitrogens with zero attached hydrogens (tertiary/aromatic N) is 5. The molecule has 0 amide bonds. The second-order valence-corrected chi connectivity index (χ2v) is 16.9. The molecule has 4 aliphatic heterocycles. The van der Waals surface area contributed by atoms with Crippen LogP contribution in [0, 0.1) is 0 Å². The Balaban J connectivity index is 0.880. The highest BCUT2D eigenvalue weighted by atomic mass is 16.5. The van der Waals surface area contributed by atoms with Gasteiger partial charge in [-0.1, -0.05) is 103 Å². The fraction of sp³-hybridized carbons (Fsp3) is 0.0333. The Morgan fingerprint density at radius 1 is 0.309 bits per heavy atom.